The van der Waals surface area contributed by atoms with Gasteiger partial charge in [-0.15, -0.1) is 11.3 Å². The fourth-order valence-electron chi connectivity index (χ4n) is 1.55. The summed E-state index contributed by atoms with van der Waals surface area (Å²) >= 11 is 1.65. The normalized spacial score (nSPS) is 24.6. The van der Waals surface area contributed by atoms with Gasteiger partial charge in [0.2, 0.25) is 0 Å². The van der Waals surface area contributed by atoms with E-state index in [1.165, 1.54) is 12.0 Å². The number of ether oxygens (including phenoxy) is 3. The summed E-state index contributed by atoms with van der Waals surface area (Å²) in [6.07, 6.45) is -0.273. The number of rotatable bonds is 3. The van der Waals surface area contributed by atoms with E-state index in [-0.39, 0.29) is 24.8 Å². The summed E-state index contributed by atoms with van der Waals surface area (Å²) in [5, 5.41) is 0. The maximum absolute atomic E-state index is 11.1. The van der Waals surface area contributed by atoms with Crippen LogP contribution in [0.2, 0.25) is 0 Å². The van der Waals surface area contributed by atoms with Gasteiger partial charge in [-0.2, -0.15) is 0 Å². The zero-order valence-corrected chi connectivity index (χ0v) is 10.1. The number of methoxy groups -OCH3 is 1. The highest BCUT2D eigenvalue weighted by Crippen LogP contribution is 2.32. The monoisotopic (exact) mass is 242 g/mol. The Balaban J connectivity index is 1.90. The van der Waals surface area contributed by atoms with Crippen LogP contribution >= 0.6 is 11.3 Å². The molecule has 2 atom stereocenters. The largest absolute Gasteiger partial charge is 0.469 e. The molecule has 0 aromatic carbocycles. The molecule has 0 amide bonds. The predicted molar refractivity (Wildman–Crippen MR) is 59.3 cm³/mol. The quantitative estimate of drug-likeness (QED) is 0.761. The molecule has 0 bridgehead atoms. The average Bonchev–Trinajstić information content (AvgIpc) is 2.87. The molecular weight excluding hydrogens is 228 g/mol. The Bertz CT molecular complexity index is 374. The molecule has 16 heavy (non-hydrogen) atoms. The zero-order chi connectivity index (χ0) is 11.5. The lowest BCUT2D eigenvalue weighted by Crippen LogP contribution is -2.16. The molecule has 2 heterocycles. The van der Waals surface area contributed by atoms with E-state index in [1.807, 2.05) is 19.1 Å². The van der Waals surface area contributed by atoms with E-state index in [4.69, 9.17) is 9.47 Å². The predicted octanol–water partition coefficient (Wildman–Crippen LogP) is 2.03. The van der Waals surface area contributed by atoms with Crippen molar-refractivity contribution in [3.05, 3.63) is 21.9 Å². The summed E-state index contributed by atoms with van der Waals surface area (Å²) in [4.78, 5) is 13.3. The summed E-state index contributed by atoms with van der Waals surface area (Å²) in [5.41, 5.74) is 0. The third kappa shape index (κ3) is 2.61. The third-order valence-corrected chi connectivity index (χ3v) is 3.39. The minimum atomic E-state index is -0.326. The highest BCUT2D eigenvalue weighted by Gasteiger charge is 2.30. The minimum absolute atomic E-state index is 0.195. The highest BCUT2D eigenvalue weighted by atomic mass is 32.1. The van der Waals surface area contributed by atoms with Crippen molar-refractivity contribution in [1.82, 2.24) is 0 Å². The maximum atomic E-state index is 11.1. The van der Waals surface area contributed by atoms with E-state index in [2.05, 4.69) is 4.74 Å². The van der Waals surface area contributed by atoms with Gasteiger partial charge in [0.05, 0.1) is 31.1 Å². The van der Waals surface area contributed by atoms with Gasteiger partial charge < -0.3 is 14.2 Å². The maximum Gasteiger partial charge on any atom is 0.308 e. The molecule has 0 saturated carbocycles. The van der Waals surface area contributed by atoms with Gasteiger partial charge in [0.25, 0.3) is 0 Å². The van der Waals surface area contributed by atoms with Crippen molar-refractivity contribution >= 4 is 17.3 Å². The summed E-state index contributed by atoms with van der Waals surface area (Å²) in [6.45, 7) is 2.48. The highest BCUT2D eigenvalue weighted by molar-refractivity contribution is 7.11. The number of aryl methyl sites for hydroxylation is 1. The number of thiophene rings is 1. The lowest BCUT2D eigenvalue weighted by Gasteiger charge is -2.08. The molecule has 0 aliphatic carbocycles. The second-order valence-electron chi connectivity index (χ2n) is 3.65. The van der Waals surface area contributed by atoms with Crippen molar-refractivity contribution in [3.63, 3.8) is 0 Å². The van der Waals surface area contributed by atoms with Crippen LogP contribution in [0, 0.1) is 6.92 Å². The molecule has 1 fully saturated rings. The van der Waals surface area contributed by atoms with Crippen molar-refractivity contribution in [3.8, 4) is 0 Å². The van der Waals surface area contributed by atoms with E-state index >= 15 is 0 Å². The van der Waals surface area contributed by atoms with Gasteiger partial charge in [-0.3, -0.25) is 4.79 Å². The molecule has 1 aromatic heterocycles. The molecule has 2 rings (SSSR count). The van der Waals surface area contributed by atoms with Gasteiger partial charge in [-0.25, -0.2) is 0 Å². The lowest BCUT2D eigenvalue weighted by molar-refractivity contribution is -0.143. The van der Waals surface area contributed by atoms with Crippen LogP contribution in [0.5, 0.6) is 0 Å². The Kier molecular flexibility index (Phi) is 3.58. The van der Waals surface area contributed by atoms with Crippen molar-refractivity contribution in [1.29, 1.82) is 0 Å². The van der Waals surface area contributed by atoms with Crippen LogP contribution in [0.3, 0.4) is 0 Å². The molecule has 88 valence electrons. The second kappa shape index (κ2) is 4.95. The molecule has 4 nitrogen and oxygen atoms in total. The van der Waals surface area contributed by atoms with Crippen LogP contribution in [0.25, 0.3) is 0 Å². The minimum Gasteiger partial charge on any atom is -0.469 e. The molecule has 1 aliphatic heterocycles. The Hall–Kier alpha value is -0.910. The van der Waals surface area contributed by atoms with Gasteiger partial charge in [-0.1, -0.05) is 0 Å². The Morgan fingerprint density at radius 1 is 1.62 bits per heavy atom. The SMILES string of the molecule is COC(=O)CC1COC(c2ccc(C)s2)O1. The first-order valence-corrected chi connectivity index (χ1v) is 5.91. The van der Waals surface area contributed by atoms with Crippen LogP contribution in [0.4, 0.5) is 0 Å². The number of hydrogen-bond acceptors (Lipinski definition) is 5. The van der Waals surface area contributed by atoms with Gasteiger partial charge in [0.1, 0.15) is 0 Å². The van der Waals surface area contributed by atoms with Crippen molar-refractivity contribution in [2.75, 3.05) is 13.7 Å². The Labute approximate surface area is 98.1 Å². The van der Waals surface area contributed by atoms with Gasteiger partial charge in [0, 0.05) is 4.88 Å². The smallest absolute Gasteiger partial charge is 0.308 e. The molecule has 0 spiro atoms. The van der Waals surface area contributed by atoms with E-state index in [9.17, 15) is 4.79 Å². The van der Waals surface area contributed by atoms with E-state index in [1.54, 1.807) is 11.3 Å². The molecule has 1 aromatic rings. The lowest BCUT2D eigenvalue weighted by atomic mass is 10.3. The molecule has 1 aliphatic rings. The van der Waals surface area contributed by atoms with Crippen molar-refractivity contribution in [2.45, 2.75) is 25.7 Å². The number of hydrogen-bond donors (Lipinski definition) is 0. The molecule has 1 saturated heterocycles. The molecule has 5 heteroatoms. The van der Waals surface area contributed by atoms with Crippen LogP contribution in [-0.4, -0.2) is 25.8 Å². The van der Waals surface area contributed by atoms with Crippen molar-refractivity contribution in [2.24, 2.45) is 0 Å². The topological polar surface area (TPSA) is 44.8 Å². The first-order valence-electron chi connectivity index (χ1n) is 5.09. The summed E-state index contributed by atoms with van der Waals surface area (Å²) in [7, 11) is 1.37. The molecule has 2 unspecified atom stereocenters. The van der Waals surface area contributed by atoms with Crippen LogP contribution in [0.1, 0.15) is 22.5 Å². The van der Waals surface area contributed by atoms with Gasteiger partial charge in [-0.05, 0) is 19.1 Å². The summed E-state index contributed by atoms with van der Waals surface area (Å²) in [6, 6.07) is 4.02. The molecule has 0 radical (unpaired) electrons. The average molecular weight is 242 g/mol. The summed E-state index contributed by atoms with van der Waals surface area (Å²) in [5.74, 6) is -0.267. The first-order chi connectivity index (χ1) is 7.69. The van der Waals surface area contributed by atoms with E-state index in [0.29, 0.717) is 6.61 Å². The molecule has 0 N–H and O–H groups in total. The van der Waals surface area contributed by atoms with Crippen molar-refractivity contribution < 1.29 is 19.0 Å². The number of carbonyl (C=O) groups excluding carboxylic acids is 1. The standard InChI is InChI=1S/C11H14O4S/c1-7-3-4-9(16-7)11-14-6-8(15-11)5-10(12)13-2/h3-4,8,11H,5-6H2,1-2H3. The summed E-state index contributed by atoms with van der Waals surface area (Å²) < 4.78 is 15.7. The zero-order valence-electron chi connectivity index (χ0n) is 9.26. The van der Waals surface area contributed by atoms with E-state index in [0.717, 1.165) is 4.88 Å². The number of esters is 1. The van der Waals surface area contributed by atoms with Crippen LogP contribution in [0.15, 0.2) is 12.1 Å². The second-order valence-corrected chi connectivity index (χ2v) is 4.97. The fraction of sp³-hybridized carbons (Fsp3) is 0.545. The Morgan fingerprint density at radius 3 is 3.06 bits per heavy atom. The van der Waals surface area contributed by atoms with E-state index < -0.39 is 0 Å². The Morgan fingerprint density at radius 2 is 2.44 bits per heavy atom. The third-order valence-electron chi connectivity index (χ3n) is 2.37. The van der Waals surface area contributed by atoms with Crippen LogP contribution < -0.4 is 0 Å². The molecular formula is C11H14O4S. The number of carbonyl (C=O) groups is 1. The van der Waals surface area contributed by atoms with Crippen LogP contribution in [-0.2, 0) is 19.0 Å². The van der Waals surface area contributed by atoms with Gasteiger partial charge in [0.15, 0.2) is 6.29 Å². The fourth-order valence-corrected chi connectivity index (χ4v) is 2.42. The van der Waals surface area contributed by atoms with Gasteiger partial charge >= 0.3 is 5.97 Å². The first kappa shape index (κ1) is 11.6.